The molecule has 0 aliphatic carbocycles. The molecule has 8 nitrogen and oxygen atoms in total. The highest BCUT2D eigenvalue weighted by atomic mass is 35.5. The number of nitrogens with zero attached hydrogens (tertiary/aromatic N) is 3. The minimum absolute atomic E-state index is 0.159. The Kier molecular flexibility index (Phi) is 3.28. The maximum absolute atomic E-state index is 10.5. The number of H-pyrrole nitrogens is 1. The number of pyridine rings is 1. The van der Waals surface area contributed by atoms with Gasteiger partial charge in [0.1, 0.15) is 17.8 Å². The summed E-state index contributed by atoms with van der Waals surface area (Å²) in [7, 11) is 0. The molecule has 9 heteroatoms. The van der Waals surface area contributed by atoms with Crippen LogP contribution in [0.1, 0.15) is 5.56 Å². The van der Waals surface area contributed by atoms with Crippen molar-refractivity contribution in [3.63, 3.8) is 0 Å². The summed E-state index contributed by atoms with van der Waals surface area (Å²) in [6.45, 7) is 0.368. The first kappa shape index (κ1) is 12.1. The number of nitrogens with one attached hydrogen (secondary N) is 2. The van der Waals surface area contributed by atoms with Gasteiger partial charge in [-0.1, -0.05) is 11.6 Å². The molecule has 0 radical (unpaired) electrons. The summed E-state index contributed by atoms with van der Waals surface area (Å²) in [5.74, 6) is 0.795. The lowest BCUT2D eigenvalue weighted by Crippen LogP contribution is -2.04. The molecule has 2 heterocycles. The molecule has 0 spiro atoms. The van der Waals surface area contributed by atoms with Gasteiger partial charge in [0.25, 0.3) is 5.69 Å². The van der Waals surface area contributed by atoms with Crippen LogP contribution in [0.4, 0.5) is 17.3 Å². The number of halogens is 1. The van der Waals surface area contributed by atoms with E-state index in [4.69, 9.17) is 17.3 Å². The minimum Gasteiger partial charge on any atom is -0.384 e. The van der Waals surface area contributed by atoms with Gasteiger partial charge in [0.15, 0.2) is 0 Å². The fourth-order valence-corrected chi connectivity index (χ4v) is 1.53. The molecule has 0 aromatic carbocycles. The number of nitrogen functional groups attached to an aromatic ring is 1. The average Bonchev–Trinajstić information content (AvgIpc) is 2.73. The predicted octanol–water partition coefficient (Wildman–Crippen LogP) is 1.56. The van der Waals surface area contributed by atoms with Crippen LogP contribution in [-0.2, 0) is 6.54 Å². The van der Waals surface area contributed by atoms with E-state index < -0.39 is 4.92 Å². The van der Waals surface area contributed by atoms with Crippen molar-refractivity contribution < 1.29 is 4.92 Å². The van der Waals surface area contributed by atoms with E-state index >= 15 is 0 Å². The molecule has 0 aliphatic heterocycles. The molecule has 0 atom stereocenters. The highest BCUT2D eigenvalue weighted by Gasteiger charge is 2.11. The Hall–Kier alpha value is -2.35. The summed E-state index contributed by atoms with van der Waals surface area (Å²) in [4.78, 5) is 13.8. The van der Waals surface area contributed by atoms with E-state index in [1.165, 1.54) is 6.07 Å². The molecular weight excluding hydrogens is 260 g/mol. The Balaban J connectivity index is 2.11. The summed E-state index contributed by atoms with van der Waals surface area (Å²) >= 11 is 5.87. The van der Waals surface area contributed by atoms with Crippen molar-refractivity contribution in [1.29, 1.82) is 0 Å². The number of rotatable bonds is 4. The molecule has 2 aromatic heterocycles. The van der Waals surface area contributed by atoms with Crippen molar-refractivity contribution in [2.45, 2.75) is 6.54 Å². The van der Waals surface area contributed by atoms with E-state index in [1.54, 1.807) is 6.20 Å². The van der Waals surface area contributed by atoms with Gasteiger partial charge in [-0.2, -0.15) is 5.10 Å². The van der Waals surface area contributed by atoms with Crippen LogP contribution in [0.3, 0.4) is 0 Å². The fourth-order valence-electron chi connectivity index (χ4n) is 1.30. The Morgan fingerprint density at radius 2 is 2.33 bits per heavy atom. The second-order valence-electron chi connectivity index (χ2n) is 3.44. The minimum atomic E-state index is -0.559. The van der Waals surface area contributed by atoms with E-state index in [0.29, 0.717) is 18.2 Å². The number of anilines is 2. The molecule has 0 bridgehead atoms. The summed E-state index contributed by atoms with van der Waals surface area (Å²) in [5, 5.41) is 20.0. The number of aromatic nitrogens is 3. The van der Waals surface area contributed by atoms with Crippen molar-refractivity contribution in [1.82, 2.24) is 15.2 Å². The van der Waals surface area contributed by atoms with Gasteiger partial charge in [-0.15, -0.1) is 0 Å². The van der Waals surface area contributed by atoms with E-state index in [2.05, 4.69) is 20.5 Å². The molecule has 4 N–H and O–H groups in total. The lowest BCUT2D eigenvalue weighted by molar-refractivity contribution is -0.385. The van der Waals surface area contributed by atoms with Crippen LogP contribution in [-0.4, -0.2) is 20.1 Å². The summed E-state index contributed by atoms with van der Waals surface area (Å²) < 4.78 is 0. The lowest BCUT2D eigenvalue weighted by Gasteiger charge is -2.06. The van der Waals surface area contributed by atoms with Crippen LogP contribution in [0.2, 0.25) is 5.02 Å². The monoisotopic (exact) mass is 268 g/mol. The second-order valence-corrected chi connectivity index (χ2v) is 3.85. The van der Waals surface area contributed by atoms with Crippen molar-refractivity contribution in [3.8, 4) is 0 Å². The first-order valence-corrected chi connectivity index (χ1v) is 5.27. The quantitative estimate of drug-likeness (QED) is 0.571. The standard InChI is InChI=1S/C9H9ClN6O2/c10-7-1-6(16(17)18)4-13-9(7)12-2-5-3-14-15-8(5)11/h1,3-4H,2H2,(H,12,13)(H3,11,14,15). The molecule has 0 saturated heterocycles. The van der Waals surface area contributed by atoms with Gasteiger partial charge in [-0.3, -0.25) is 15.2 Å². The van der Waals surface area contributed by atoms with Crippen LogP contribution in [0, 0.1) is 10.1 Å². The Bertz CT molecular complexity index is 584. The zero-order valence-corrected chi connectivity index (χ0v) is 9.81. The molecule has 0 saturated carbocycles. The number of hydrogen-bond acceptors (Lipinski definition) is 6. The Morgan fingerprint density at radius 3 is 2.89 bits per heavy atom. The fraction of sp³-hybridized carbons (Fsp3) is 0.111. The third-order valence-corrected chi connectivity index (χ3v) is 2.52. The van der Waals surface area contributed by atoms with Crippen LogP contribution >= 0.6 is 11.6 Å². The van der Waals surface area contributed by atoms with Gasteiger partial charge in [-0.25, -0.2) is 4.98 Å². The molecule has 94 valence electrons. The first-order valence-electron chi connectivity index (χ1n) is 4.89. The maximum Gasteiger partial charge on any atom is 0.289 e. The highest BCUT2D eigenvalue weighted by Crippen LogP contribution is 2.24. The third kappa shape index (κ3) is 2.48. The van der Waals surface area contributed by atoms with Gasteiger partial charge in [0, 0.05) is 18.2 Å². The number of nitro groups is 1. The van der Waals surface area contributed by atoms with E-state index in [1.807, 2.05) is 0 Å². The Labute approximate surface area is 106 Å². The molecule has 0 fully saturated rings. The molecule has 18 heavy (non-hydrogen) atoms. The van der Waals surface area contributed by atoms with Crippen molar-refractivity contribution >= 4 is 28.9 Å². The van der Waals surface area contributed by atoms with Gasteiger partial charge in [0.05, 0.1) is 16.1 Å². The van der Waals surface area contributed by atoms with Crippen molar-refractivity contribution in [3.05, 3.63) is 39.2 Å². The molecule has 2 rings (SSSR count). The maximum atomic E-state index is 10.5. The second kappa shape index (κ2) is 4.88. The van der Waals surface area contributed by atoms with Crippen LogP contribution in [0.5, 0.6) is 0 Å². The van der Waals surface area contributed by atoms with Gasteiger partial charge in [0.2, 0.25) is 0 Å². The summed E-state index contributed by atoms with van der Waals surface area (Å²) in [6.07, 6.45) is 2.70. The van der Waals surface area contributed by atoms with Crippen LogP contribution in [0.15, 0.2) is 18.5 Å². The summed E-state index contributed by atoms with van der Waals surface area (Å²) in [6, 6.07) is 1.23. The topological polar surface area (TPSA) is 123 Å². The van der Waals surface area contributed by atoms with Crippen LogP contribution < -0.4 is 11.1 Å². The SMILES string of the molecule is Nc1[nH]ncc1CNc1ncc([N+](=O)[O-])cc1Cl. The third-order valence-electron chi connectivity index (χ3n) is 2.24. The largest absolute Gasteiger partial charge is 0.384 e. The molecule has 0 aliphatic rings. The zero-order valence-electron chi connectivity index (χ0n) is 9.05. The molecule has 2 aromatic rings. The predicted molar refractivity (Wildman–Crippen MR) is 66.2 cm³/mol. The number of nitrogens with two attached hydrogens (primary N) is 1. The van der Waals surface area contributed by atoms with Crippen molar-refractivity contribution in [2.75, 3.05) is 11.1 Å². The highest BCUT2D eigenvalue weighted by molar-refractivity contribution is 6.33. The van der Waals surface area contributed by atoms with Gasteiger partial charge >= 0.3 is 0 Å². The molecule has 0 unspecified atom stereocenters. The van der Waals surface area contributed by atoms with E-state index in [9.17, 15) is 10.1 Å². The van der Waals surface area contributed by atoms with Crippen molar-refractivity contribution in [2.24, 2.45) is 0 Å². The normalized spacial score (nSPS) is 10.3. The lowest BCUT2D eigenvalue weighted by atomic mass is 10.3. The number of aromatic amines is 1. The van der Waals surface area contributed by atoms with Gasteiger partial charge in [-0.05, 0) is 0 Å². The van der Waals surface area contributed by atoms with E-state index in [-0.39, 0.29) is 10.7 Å². The first-order chi connectivity index (χ1) is 8.58. The van der Waals surface area contributed by atoms with Gasteiger partial charge < -0.3 is 11.1 Å². The summed E-state index contributed by atoms with van der Waals surface area (Å²) in [5.41, 5.74) is 6.20. The smallest absolute Gasteiger partial charge is 0.289 e. The number of hydrogen-bond donors (Lipinski definition) is 3. The molecular formula is C9H9ClN6O2. The average molecular weight is 269 g/mol. The van der Waals surface area contributed by atoms with Crippen LogP contribution in [0.25, 0.3) is 0 Å². The zero-order chi connectivity index (χ0) is 13.1. The van der Waals surface area contributed by atoms with E-state index in [0.717, 1.165) is 11.8 Å². The Morgan fingerprint density at radius 1 is 1.56 bits per heavy atom. The molecule has 0 amide bonds.